The molecule has 0 aliphatic carbocycles. The highest BCUT2D eigenvalue weighted by molar-refractivity contribution is 7.47. The number of rotatable bonds is 69. The van der Waals surface area contributed by atoms with E-state index in [4.69, 9.17) is 37.0 Å². The lowest BCUT2D eigenvalue weighted by Crippen LogP contribution is -2.30. The molecule has 17 nitrogen and oxygen atoms in total. The number of hydrogen-bond donors (Lipinski definition) is 3. The molecule has 0 bridgehead atoms. The van der Waals surface area contributed by atoms with Gasteiger partial charge in [0.25, 0.3) is 0 Å². The molecule has 540 valence electrons. The van der Waals surface area contributed by atoms with E-state index in [1.165, 1.54) is 161 Å². The van der Waals surface area contributed by atoms with Crippen LogP contribution in [0.25, 0.3) is 0 Å². The zero-order chi connectivity index (χ0) is 67.5. The molecular weight excluding hydrogens is 1200 g/mol. The van der Waals surface area contributed by atoms with Crippen LogP contribution in [-0.4, -0.2) is 96.7 Å². The van der Waals surface area contributed by atoms with Gasteiger partial charge in [-0.3, -0.25) is 37.3 Å². The van der Waals surface area contributed by atoms with Gasteiger partial charge in [-0.05, 0) is 49.4 Å². The third-order valence-electron chi connectivity index (χ3n) is 16.9. The third-order valence-corrected chi connectivity index (χ3v) is 18.8. The van der Waals surface area contributed by atoms with Crippen molar-refractivity contribution in [3.8, 4) is 0 Å². The van der Waals surface area contributed by atoms with Gasteiger partial charge in [-0.2, -0.15) is 0 Å². The average Bonchev–Trinajstić information content (AvgIpc) is 3.67. The smallest absolute Gasteiger partial charge is 0.462 e. The normalized spacial score (nSPS) is 14.5. The highest BCUT2D eigenvalue weighted by atomic mass is 31.2. The lowest BCUT2D eigenvalue weighted by molar-refractivity contribution is -0.161. The van der Waals surface area contributed by atoms with E-state index in [0.29, 0.717) is 25.7 Å². The number of ether oxygens (including phenoxy) is 4. The van der Waals surface area contributed by atoms with Crippen LogP contribution in [0, 0.1) is 23.7 Å². The molecule has 0 heterocycles. The van der Waals surface area contributed by atoms with Gasteiger partial charge in [0.1, 0.15) is 19.3 Å². The first-order valence-electron chi connectivity index (χ1n) is 37.2. The first kappa shape index (κ1) is 89.1. The summed E-state index contributed by atoms with van der Waals surface area (Å²) in [7, 11) is -9.91. The highest BCUT2D eigenvalue weighted by Gasteiger charge is 2.30. The first-order valence-corrected chi connectivity index (χ1v) is 40.2. The Bertz CT molecular complexity index is 1800. The molecule has 0 fully saturated rings. The van der Waals surface area contributed by atoms with E-state index in [9.17, 15) is 43.2 Å². The summed E-state index contributed by atoms with van der Waals surface area (Å²) in [4.78, 5) is 72.7. The molecule has 4 unspecified atom stereocenters. The van der Waals surface area contributed by atoms with Crippen LogP contribution in [0.4, 0.5) is 0 Å². The summed E-state index contributed by atoms with van der Waals surface area (Å²) in [6.07, 6.45) is 44.3. The molecule has 0 amide bonds. The molecule has 19 heteroatoms. The molecule has 0 saturated heterocycles. The van der Waals surface area contributed by atoms with Crippen molar-refractivity contribution in [3.63, 3.8) is 0 Å². The van der Waals surface area contributed by atoms with Crippen molar-refractivity contribution in [2.45, 2.75) is 375 Å². The zero-order valence-electron chi connectivity index (χ0n) is 59.5. The second kappa shape index (κ2) is 61.6. The molecule has 0 radical (unpaired) electrons. The number of phosphoric acid groups is 2. The van der Waals surface area contributed by atoms with Crippen LogP contribution < -0.4 is 0 Å². The molecular formula is C72H140O17P2. The Kier molecular flexibility index (Phi) is 60.3. The topological polar surface area (TPSA) is 237 Å². The minimum Gasteiger partial charge on any atom is -0.462 e. The van der Waals surface area contributed by atoms with Crippen LogP contribution in [0.3, 0.4) is 0 Å². The van der Waals surface area contributed by atoms with E-state index in [2.05, 4.69) is 55.4 Å². The van der Waals surface area contributed by atoms with Gasteiger partial charge >= 0.3 is 39.5 Å². The summed E-state index contributed by atoms with van der Waals surface area (Å²) in [5.74, 6) is 0.910. The molecule has 0 aromatic heterocycles. The molecule has 3 N–H and O–H groups in total. The lowest BCUT2D eigenvalue weighted by Gasteiger charge is -2.21. The number of carbonyl (C=O) groups is 4. The maximum Gasteiger partial charge on any atom is 0.472 e. The second-order valence-corrected chi connectivity index (χ2v) is 30.6. The van der Waals surface area contributed by atoms with Gasteiger partial charge in [-0.1, -0.05) is 306 Å². The van der Waals surface area contributed by atoms with Gasteiger partial charge in [0, 0.05) is 25.7 Å². The maximum atomic E-state index is 13.0. The average molecular weight is 1340 g/mol. The fourth-order valence-electron chi connectivity index (χ4n) is 10.8. The Hall–Kier alpha value is -1.94. The summed E-state index contributed by atoms with van der Waals surface area (Å²) >= 11 is 0. The fourth-order valence-corrected chi connectivity index (χ4v) is 12.4. The minimum atomic E-state index is -4.95. The Morgan fingerprint density at radius 1 is 0.308 bits per heavy atom. The van der Waals surface area contributed by atoms with Crippen molar-refractivity contribution in [1.82, 2.24) is 0 Å². The lowest BCUT2D eigenvalue weighted by atomic mass is 9.99. The van der Waals surface area contributed by atoms with E-state index in [1.54, 1.807) is 0 Å². The van der Waals surface area contributed by atoms with Gasteiger partial charge in [0.2, 0.25) is 0 Å². The molecule has 0 spiro atoms. The van der Waals surface area contributed by atoms with Crippen molar-refractivity contribution in [1.29, 1.82) is 0 Å². The number of esters is 4. The largest absolute Gasteiger partial charge is 0.472 e. The van der Waals surface area contributed by atoms with Crippen LogP contribution in [0.2, 0.25) is 0 Å². The Labute approximate surface area is 556 Å². The van der Waals surface area contributed by atoms with Crippen molar-refractivity contribution in [2.24, 2.45) is 23.7 Å². The summed E-state index contributed by atoms with van der Waals surface area (Å²) in [6, 6.07) is 0. The van der Waals surface area contributed by atoms with Crippen LogP contribution in [-0.2, 0) is 65.4 Å². The van der Waals surface area contributed by atoms with E-state index in [0.717, 1.165) is 114 Å². The predicted molar refractivity (Wildman–Crippen MR) is 367 cm³/mol. The molecule has 0 aliphatic heterocycles. The molecule has 0 aromatic carbocycles. The van der Waals surface area contributed by atoms with Crippen molar-refractivity contribution in [3.05, 3.63) is 0 Å². The molecule has 0 saturated carbocycles. The van der Waals surface area contributed by atoms with Gasteiger partial charge < -0.3 is 33.8 Å². The molecule has 91 heavy (non-hydrogen) atoms. The third kappa shape index (κ3) is 65.1. The standard InChI is InChI=1S/C72H140O17P2/c1-9-65(8)51-43-35-27-18-13-14-20-30-38-46-54-71(76)88-68(59-83-70(75)53-45-37-29-23-22-26-34-42-50-64(6)7)61-87-91(80,81)85-57-66(73)56-84-90(78,79)86-60-67(89-72(77)55-47-39-31-21-15-17-25-33-41-49-63(4)5)58-82-69(74)52-44-36-28-19-12-10-11-16-24-32-40-48-62(2)3/h62-68,73H,9-61H2,1-8H3,(H,78,79)(H,80,81)/t65?,66?,67-,68-/m1/s1. The van der Waals surface area contributed by atoms with Crippen molar-refractivity contribution in [2.75, 3.05) is 39.6 Å². The van der Waals surface area contributed by atoms with Crippen molar-refractivity contribution < 1.29 is 80.2 Å². The predicted octanol–water partition coefficient (Wildman–Crippen LogP) is 20.5. The van der Waals surface area contributed by atoms with Crippen LogP contribution in [0.15, 0.2) is 0 Å². The molecule has 0 aliphatic rings. The highest BCUT2D eigenvalue weighted by Crippen LogP contribution is 2.45. The summed E-state index contributed by atoms with van der Waals surface area (Å²) in [5, 5.41) is 10.6. The van der Waals surface area contributed by atoms with Gasteiger partial charge in [-0.25, -0.2) is 9.13 Å². The van der Waals surface area contributed by atoms with Crippen LogP contribution >= 0.6 is 15.6 Å². The minimum absolute atomic E-state index is 0.105. The van der Waals surface area contributed by atoms with Crippen LogP contribution in [0.5, 0.6) is 0 Å². The monoisotopic (exact) mass is 1340 g/mol. The number of aliphatic hydroxyl groups excluding tert-OH is 1. The second-order valence-electron chi connectivity index (χ2n) is 27.6. The Morgan fingerprint density at radius 2 is 0.527 bits per heavy atom. The van der Waals surface area contributed by atoms with Gasteiger partial charge in [-0.15, -0.1) is 0 Å². The number of phosphoric ester groups is 2. The molecule has 0 aromatic rings. The number of aliphatic hydroxyl groups is 1. The van der Waals surface area contributed by atoms with Crippen molar-refractivity contribution >= 4 is 39.5 Å². The Morgan fingerprint density at radius 3 is 0.780 bits per heavy atom. The van der Waals surface area contributed by atoms with E-state index >= 15 is 0 Å². The van der Waals surface area contributed by atoms with Gasteiger partial charge in [0.15, 0.2) is 12.2 Å². The van der Waals surface area contributed by atoms with E-state index in [-0.39, 0.29) is 25.7 Å². The fraction of sp³-hybridized carbons (Fsp3) is 0.944. The molecule has 6 atom stereocenters. The quantitative estimate of drug-likeness (QED) is 0.0222. The number of hydrogen-bond acceptors (Lipinski definition) is 15. The zero-order valence-corrected chi connectivity index (χ0v) is 61.3. The first-order chi connectivity index (χ1) is 43.6. The Balaban J connectivity index is 5.27. The van der Waals surface area contributed by atoms with E-state index < -0.39 is 97.5 Å². The molecule has 0 rings (SSSR count). The summed E-state index contributed by atoms with van der Waals surface area (Å²) in [6.45, 7) is 14.1. The van der Waals surface area contributed by atoms with E-state index in [1.807, 2.05) is 0 Å². The SMILES string of the molecule is CCC(C)CCCCCCCCCCCCC(=O)O[C@H](COC(=O)CCCCCCCCCCC(C)C)COP(=O)(O)OCC(O)COP(=O)(O)OC[C@@H](COC(=O)CCCCCCCCCCCCCC(C)C)OC(=O)CCCCCCCCCCCC(C)C. The number of carbonyl (C=O) groups excluding carboxylic acids is 4. The summed E-state index contributed by atoms with van der Waals surface area (Å²) in [5.41, 5.74) is 0. The maximum absolute atomic E-state index is 13.0. The summed E-state index contributed by atoms with van der Waals surface area (Å²) < 4.78 is 68.4. The van der Waals surface area contributed by atoms with Crippen LogP contribution in [0.1, 0.15) is 357 Å². The number of unbranched alkanes of at least 4 members (excludes halogenated alkanes) is 34. The van der Waals surface area contributed by atoms with Gasteiger partial charge in [0.05, 0.1) is 26.4 Å².